The summed E-state index contributed by atoms with van der Waals surface area (Å²) in [5.74, 6) is 1.92. The van der Waals surface area contributed by atoms with E-state index in [1.165, 1.54) is 31.4 Å². The van der Waals surface area contributed by atoms with E-state index in [4.69, 9.17) is 11.6 Å². The lowest BCUT2D eigenvalue weighted by Gasteiger charge is -2.23. The van der Waals surface area contributed by atoms with Crippen LogP contribution in [0.2, 0.25) is 5.02 Å². The third kappa shape index (κ3) is 1.85. The largest absolute Gasteiger partial charge is 0.382 e. The molecule has 3 atom stereocenters. The number of anilines is 1. The molecule has 80 valence electrons. The molecule has 2 heteroatoms. The summed E-state index contributed by atoms with van der Waals surface area (Å²) in [7, 11) is 0. The zero-order chi connectivity index (χ0) is 10.3. The average molecular weight is 222 g/mol. The Morgan fingerprint density at radius 3 is 2.47 bits per heavy atom. The summed E-state index contributed by atoms with van der Waals surface area (Å²) >= 11 is 5.86. The summed E-state index contributed by atoms with van der Waals surface area (Å²) < 4.78 is 0. The van der Waals surface area contributed by atoms with E-state index < -0.39 is 0 Å². The van der Waals surface area contributed by atoms with Crippen molar-refractivity contribution < 1.29 is 0 Å². The van der Waals surface area contributed by atoms with E-state index >= 15 is 0 Å². The van der Waals surface area contributed by atoms with E-state index in [0.717, 1.165) is 16.9 Å². The van der Waals surface area contributed by atoms with Gasteiger partial charge in [0.05, 0.1) is 0 Å². The van der Waals surface area contributed by atoms with Gasteiger partial charge in [-0.15, -0.1) is 0 Å². The Bertz CT molecular complexity index is 346. The summed E-state index contributed by atoms with van der Waals surface area (Å²) in [6, 6.07) is 8.78. The lowest BCUT2D eigenvalue weighted by molar-refractivity contribution is 0.440. The van der Waals surface area contributed by atoms with Crippen LogP contribution in [0.5, 0.6) is 0 Å². The summed E-state index contributed by atoms with van der Waals surface area (Å²) in [6.45, 7) is 0. The molecular weight excluding hydrogens is 206 g/mol. The first kappa shape index (κ1) is 9.53. The van der Waals surface area contributed by atoms with Crippen LogP contribution >= 0.6 is 11.6 Å². The highest BCUT2D eigenvalue weighted by Crippen LogP contribution is 2.45. The average Bonchev–Trinajstić information content (AvgIpc) is 2.83. The van der Waals surface area contributed by atoms with E-state index in [0.29, 0.717) is 6.04 Å². The molecule has 1 N–H and O–H groups in total. The van der Waals surface area contributed by atoms with Gasteiger partial charge in [0.1, 0.15) is 0 Å². The number of halogens is 1. The third-order valence-electron chi connectivity index (χ3n) is 3.93. The fraction of sp³-hybridized carbons (Fsp3) is 0.538. The minimum absolute atomic E-state index is 0.713. The van der Waals surface area contributed by atoms with Crippen molar-refractivity contribution in [1.29, 1.82) is 0 Å². The lowest BCUT2D eigenvalue weighted by atomic mass is 9.95. The molecule has 0 aromatic heterocycles. The molecule has 2 aliphatic carbocycles. The predicted molar refractivity (Wildman–Crippen MR) is 64.3 cm³/mol. The standard InChI is InChI=1S/C13H16ClN/c14-11-3-5-12(6-4-11)15-13-8-9-1-2-10(13)7-9/h3-6,9-10,13,15H,1-2,7-8H2. The maximum absolute atomic E-state index is 5.86. The van der Waals surface area contributed by atoms with E-state index in [1.807, 2.05) is 12.1 Å². The SMILES string of the molecule is Clc1ccc(NC2CC3CCC2C3)cc1. The van der Waals surface area contributed by atoms with Gasteiger partial charge < -0.3 is 5.32 Å². The van der Waals surface area contributed by atoms with Crippen molar-refractivity contribution in [2.75, 3.05) is 5.32 Å². The highest BCUT2D eigenvalue weighted by Gasteiger charge is 2.39. The molecule has 3 rings (SSSR count). The number of rotatable bonds is 2. The van der Waals surface area contributed by atoms with Crippen molar-refractivity contribution in [2.24, 2.45) is 11.8 Å². The molecular formula is C13H16ClN. The van der Waals surface area contributed by atoms with E-state index in [-0.39, 0.29) is 0 Å². The molecule has 2 aliphatic rings. The summed E-state index contributed by atoms with van der Waals surface area (Å²) in [4.78, 5) is 0. The van der Waals surface area contributed by atoms with Crippen molar-refractivity contribution in [3.8, 4) is 0 Å². The Morgan fingerprint density at radius 1 is 1.07 bits per heavy atom. The van der Waals surface area contributed by atoms with Gasteiger partial charge in [-0.05, 0) is 55.4 Å². The molecule has 2 fully saturated rings. The molecule has 0 heterocycles. The molecule has 0 amide bonds. The second kappa shape index (κ2) is 3.71. The Morgan fingerprint density at radius 2 is 1.87 bits per heavy atom. The zero-order valence-corrected chi connectivity index (χ0v) is 9.50. The first-order valence-electron chi connectivity index (χ1n) is 5.83. The topological polar surface area (TPSA) is 12.0 Å². The maximum atomic E-state index is 5.86. The minimum atomic E-state index is 0.713. The molecule has 15 heavy (non-hydrogen) atoms. The Balaban J connectivity index is 1.68. The molecule has 1 nitrogen and oxygen atoms in total. The molecule has 1 aromatic carbocycles. The van der Waals surface area contributed by atoms with Crippen LogP contribution in [0.1, 0.15) is 25.7 Å². The van der Waals surface area contributed by atoms with Gasteiger partial charge in [0.15, 0.2) is 0 Å². The first-order valence-corrected chi connectivity index (χ1v) is 6.21. The van der Waals surface area contributed by atoms with Gasteiger partial charge in [0.2, 0.25) is 0 Å². The number of fused-ring (bicyclic) bond motifs is 2. The fourth-order valence-electron chi connectivity index (χ4n) is 3.18. The van der Waals surface area contributed by atoms with Crippen LogP contribution in [-0.2, 0) is 0 Å². The number of hydrogen-bond donors (Lipinski definition) is 1. The van der Waals surface area contributed by atoms with Gasteiger partial charge in [-0.3, -0.25) is 0 Å². The van der Waals surface area contributed by atoms with Gasteiger partial charge in [-0.2, -0.15) is 0 Å². The summed E-state index contributed by atoms with van der Waals surface area (Å²) in [5, 5.41) is 4.45. The molecule has 0 aliphatic heterocycles. The number of benzene rings is 1. The van der Waals surface area contributed by atoms with Crippen molar-refractivity contribution in [1.82, 2.24) is 0 Å². The number of nitrogens with one attached hydrogen (secondary N) is 1. The van der Waals surface area contributed by atoms with E-state index in [1.54, 1.807) is 0 Å². The van der Waals surface area contributed by atoms with Gasteiger partial charge in [-0.1, -0.05) is 18.0 Å². The van der Waals surface area contributed by atoms with Crippen molar-refractivity contribution >= 4 is 17.3 Å². The normalized spacial score (nSPS) is 33.3. The smallest absolute Gasteiger partial charge is 0.0407 e. The number of hydrogen-bond acceptors (Lipinski definition) is 1. The highest BCUT2D eigenvalue weighted by atomic mass is 35.5. The van der Waals surface area contributed by atoms with Gasteiger partial charge in [0.25, 0.3) is 0 Å². The second-order valence-electron chi connectivity index (χ2n) is 4.93. The maximum Gasteiger partial charge on any atom is 0.0407 e. The van der Waals surface area contributed by atoms with Crippen molar-refractivity contribution in [3.05, 3.63) is 29.3 Å². The Kier molecular flexibility index (Phi) is 2.36. The Hall–Kier alpha value is -0.690. The predicted octanol–water partition coefficient (Wildman–Crippen LogP) is 3.94. The van der Waals surface area contributed by atoms with Crippen LogP contribution in [0.3, 0.4) is 0 Å². The Labute approximate surface area is 95.8 Å². The minimum Gasteiger partial charge on any atom is -0.382 e. The summed E-state index contributed by atoms with van der Waals surface area (Å²) in [5.41, 5.74) is 1.22. The van der Waals surface area contributed by atoms with E-state index in [9.17, 15) is 0 Å². The molecule has 2 bridgehead atoms. The lowest BCUT2D eigenvalue weighted by Crippen LogP contribution is -2.25. The molecule has 0 radical (unpaired) electrons. The summed E-state index contributed by atoms with van der Waals surface area (Å²) in [6.07, 6.45) is 5.71. The van der Waals surface area contributed by atoms with Crippen LogP contribution in [0.15, 0.2) is 24.3 Å². The van der Waals surface area contributed by atoms with Crippen LogP contribution in [0, 0.1) is 11.8 Å². The quantitative estimate of drug-likeness (QED) is 0.798. The molecule has 0 saturated heterocycles. The zero-order valence-electron chi connectivity index (χ0n) is 8.75. The van der Waals surface area contributed by atoms with Gasteiger partial charge >= 0.3 is 0 Å². The monoisotopic (exact) mass is 221 g/mol. The van der Waals surface area contributed by atoms with Crippen LogP contribution in [0.4, 0.5) is 5.69 Å². The van der Waals surface area contributed by atoms with Crippen LogP contribution in [-0.4, -0.2) is 6.04 Å². The first-order chi connectivity index (χ1) is 7.31. The van der Waals surface area contributed by atoms with Crippen molar-refractivity contribution in [2.45, 2.75) is 31.7 Å². The second-order valence-corrected chi connectivity index (χ2v) is 5.37. The van der Waals surface area contributed by atoms with Gasteiger partial charge in [-0.25, -0.2) is 0 Å². The van der Waals surface area contributed by atoms with Crippen molar-refractivity contribution in [3.63, 3.8) is 0 Å². The van der Waals surface area contributed by atoms with Crippen LogP contribution in [0.25, 0.3) is 0 Å². The van der Waals surface area contributed by atoms with Gasteiger partial charge in [0, 0.05) is 16.8 Å². The van der Waals surface area contributed by atoms with Crippen LogP contribution < -0.4 is 5.32 Å². The fourth-order valence-corrected chi connectivity index (χ4v) is 3.31. The van der Waals surface area contributed by atoms with E-state index in [2.05, 4.69) is 17.4 Å². The molecule has 1 aromatic rings. The third-order valence-corrected chi connectivity index (χ3v) is 4.19. The highest BCUT2D eigenvalue weighted by molar-refractivity contribution is 6.30. The molecule has 3 unspecified atom stereocenters. The molecule has 2 saturated carbocycles. The molecule has 0 spiro atoms.